The maximum absolute atomic E-state index is 10.2. The molecule has 0 saturated carbocycles. The van der Waals surface area contributed by atoms with Crippen LogP contribution in [0, 0.1) is 0 Å². The number of aldehydes is 1. The lowest BCUT2D eigenvalue weighted by molar-refractivity contribution is 0.112. The Morgan fingerprint density at radius 1 is 1.50 bits per heavy atom. The van der Waals surface area contributed by atoms with Gasteiger partial charge in [-0.2, -0.15) is 0 Å². The fourth-order valence-corrected chi connectivity index (χ4v) is 0.838. The van der Waals surface area contributed by atoms with Crippen molar-refractivity contribution in [1.82, 2.24) is 0 Å². The molecule has 0 amide bonds. The molecule has 0 spiro atoms. The lowest BCUT2D eigenvalue weighted by Gasteiger charge is -1.98. The molecule has 0 unspecified atom stereocenters. The largest absolute Gasteiger partial charge is 0.298 e. The van der Waals surface area contributed by atoms with Crippen LogP contribution >= 0.6 is 11.6 Å². The first-order chi connectivity index (χ1) is 4.75. The second kappa shape index (κ2) is 2.89. The van der Waals surface area contributed by atoms with E-state index in [4.69, 9.17) is 19.4 Å². The van der Waals surface area contributed by atoms with E-state index in [1.807, 2.05) is 0 Å². The van der Waals surface area contributed by atoms with Crippen LogP contribution in [0.3, 0.4) is 0 Å². The molecular formula is C7H4BClO. The van der Waals surface area contributed by atoms with Gasteiger partial charge in [0, 0.05) is 10.6 Å². The van der Waals surface area contributed by atoms with E-state index in [1.54, 1.807) is 18.2 Å². The molecule has 10 heavy (non-hydrogen) atoms. The number of rotatable bonds is 1. The van der Waals surface area contributed by atoms with Gasteiger partial charge in [-0.25, -0.2) is 0 Å². The molecule has 0 fully saturated rings. The van der Waals surface area contributed by atoms with Crippen molar-refractivity contribution in [2.45, 2.75) is 0 Å². The second-order valence-electron chi connectivity index (χ2n) is 1.86. The highest BCUT2D eigenvalue weighted by Gasteiger charge is 1.97. The molecule has 0 atom stereocenters. The van der Waals surface area contributed by atoms with Gasteiger partial charge in [-0.15, -0.1) is 0 Å². The SMILES string of the molecule is [B]c1c(Cl)cccc1C=O. The number of carbonyl (C=O) groups excluding carboxylic acids is 1. The van der Waals surface area contributed by atoms with Gasteiger partial charge in [0.2, 0.25) is 0 Å². The Morgan fingerprint density at radius 3 is 2.70 bits per heavy atom. The summed E-state index contributed by atoms with van der Waals surface area (Å²) in [6.45, 7) is 0. The Hall–Kier alpha value is -0.755. The summed E-state index contributed by atoms with van der Waals surface area (Å²) in [5, 5.41) is 0.421. The minimum atomic E-state index is 0.346. The monoisotopic (exact) mass is 150 g/mol. The van der Waals surface area contributed by atoms with Crippen molar-refractivity contribution >= 4 is 31.2 Å². The van der Waals surface area contributed by atoms with Crippen LogP contribution < -0.4 is 5.46 Å². The zero-order chi connectivity index (χ0) is 7.56. The normalized spacial score (nSPS) is 9.30. The number of carbonyl (C=O) groups is 1. The van der Waals surface area contributed by atoms with Gasteiger partial charge in [-0.1, -0.05) is 29.2 Å². The van der Waals surface area contributed by atoms with E-state index in [0.29, 0.717) is 22.3 Å². The van der Waals surface area contributed by atoms with Crippen molar-refractivity contribution in [2.24, 2.45) is 0 Å². The van der Waals surface area contributed by atoms with Crippen LogP contribution in [0.15, 0.2) is 18.2 Å². The number of benzene rings is 1. The first kappa shape index (κ1) is 7.35. The van der Waals surface area contributed by atoms with Gasteiger partial charge in [-0.3, -0.25) is 4.79 Å². The molecule has 0 heterocycles. The van der Waals surface area contributed by atoms with Crippen LogP contribution in [0.25, 0.3) is 0 Å². The van der Waals surface area contributed by atoms with Crippen molar-refractivity contribution < 1.29 is 4.79 Å². The minimum absolute atomic E-state index is 0.346. The molecule has 1 nitrogen and oxygen atoms in total. The average Bonchev–Trinajstić information content (AvgIpc) is 1.95. The van der Waals surface area contributed by atoms with Crippen LogP contribution in [0.5, 0.6) is 0 Å². The minimum Gasteiger partial charge on any atom is -0.298 e. The standard InChI is InChI=1S/C7H4BClO/c8-7-5(4-10)2-1-3-6(7)9/h1-4H. The second-order valence-corrected chi connectivity index (χ2v) is 2.27. The molecule has 2 radical (unpaired) electrons. The molecule has 1 aromatic rings. The van der Waals surface area contributed by atoms with Gasteiger partial charge in [0.05, 0.1) is 0 Å². The summed E-state index contributed by atoms with van der Waals surface area (Å²) in [5.41, 5.74) is 0.784. The van der Waals surface area contributed by atoms with Crippen LogP contribution in [0.2, 0.25) is 5.02 Å². The molecule has 0 aliphatic heterocycles. The summed E-state index contributed by atoms with van der Waals surface area (Å²) >= 11 is 5.61. The molecule has 3 heteroatoms. The Bertz CT molecular complexity index is 260. The summed E-state index contributed by atoms with van der Waals surface area (Å²) in [6.07, 6.45) is 0.682. The maximum Gasteiger partial charge on any atom is 0.149 e. The predicted molar refractivity (Wildman–Crippen MR) is 42.2 cm³/mol. The smallest absolute Gasteiger partial charge is 0.149 e. The third kappa shape index (κ3) is 1.22. The average molecular weight is 150 g/mol. The van der Waals surface area contributed by atoms with Crippen molar-refractivity contribution in [1.29, 1.82) is 0 Å². The van der Waals surface area contributed by atoms with Crippen molar-refractivity contribution in [3.8, 4) is 0 Å². The molecule has 1 rings (SSSR count). The van der Waals surface area contributed by atoms with Crippen molar-refractivity contribution in [3.63, 3.8) is 0 Å². The summed E-state index contributed by atoms with van der Waals surface area (Å²) < 4.78 is 0. The van der Waals surface area contributed by atoms with Crippen LogP contribution in [-0.2, 0) is 0 Å². The van der Waals surface area contributed by atoms with Gasteiger partial charge in [0.25, 0.3) is 0 Å². The summed E-state index contributed by atoms with van der Waals surface area (Å²) in [4.78, 5) is 10.2. The van der Waals surface area contributed by atoms with E-state index in [-0.39, 0.29) is 0 Å². The Balaban J connectivity index is 3.27. The van der Waals surface area contributed by atoms with E-state index < -0.39 is 0 Å². The zero-order valence-electron chi connectivity index (χ0n) is 5.17. The van der Waals surface area contributed by atoms with E-state index in [1.165, 1.54) is 0 Å². The number of halogens is 1. The molecule has 0 aliphatic carbocycles. The lowest BCUT2D eigenvalue weighted by atomic mass is 9.91. The summed E-state index contributed by atoms with van der Waals surface area (Å²) in [7, 11) is 5.43. The Morgan fingerprint density at radius 2 is 2.20 bits per heavy atom. The van der Waals surface area contributed by atoms with Gasteiger partial charge in [0.15, 0.2) is 0 Å². The molecule has 1 aromatic carbocycles. The zero-order valence-corrected chi connectivity index (χ0v) is 5.93. The number of hydrogen-bond donors (Lipinski definition) is 0. The van der Waals surface area contributed by atoms with Crippen LogP contribution in [0.1, 0.15) is 10.4 Å². The predicted octanol–water partition coefficient (Wildman–Crippen LogP) is 0.946. The van der Waals surface area contributed by atoms with E-state index in [9.17, 15) is 4.79 Å². The highest BCUT2D eigenvalue weighted by molar-refractivity contribution is 6.46. The molecule has 0 N–H and O–H groups in total. The molecular weight excluding hydrogens is 146 g/mol. The lowest BCUT2D eigenvalue weighted by Crippen LogP contribution is -2.10. The number of hydrogen-bond acceptors (Lipinski definition) is 1. The van der Waals surface area contributed by atoms with Gasteiger partial charge >= 0.3 is 0 Å². The molecule has 0 saturated heterocycles. The van der Waals surface area contributed by atoms with Crippen LogP contribution in [-0.4, -0.2) is 14.1 Å². The molecule has 0 aromatic heterocycles. The molecule has 0 aliphatic rings. The molecule has 0 bridgehead atoms. The first-order valence-corrected chi connectivity index (χ1v) is 3.12. The highest BCUT2D eigenvalue weighted by Crippen LogP contribution is 2.04. The van der Waals surface area contributed by atoms with E-state index >= 15 is 0 Å². The van der Waals surface area contributed by atoms with E-state index in [0.717, 1.165) is 0 Å². The third-order valence-corrected chi connectivity index (χ3v) is 1.54. The van der Waals surface area contributed by atoms with Gasteiger partial charge in [0.1, 0.15) is 14.1 Å². The summed E-state index contributed by atoms with van der Waals surface area (Å²) in [5.74, 6) is 0. The van der Waals surface area contributed by atoms with Crippen LogP contribution in [0.4, 0.5) is 0 Å². The first-order valence-electron chi connectivity index (χ1n) is 2.75. The fraction of sp³-hybridized carbons (Fsp3) is 0. The fourth-order valence-electron chi connectivity index (χ4n) is 0.656. The summed E-state index contributed by atoms with van der Waals surface area (Å²) in [6, 6.07) is 4.94. The Labute approximate surface area is 65.4 Å². The van der Waals surface area contributed by atoms with Crippen molar-refractivity contribution in [3.05, 3.63) is 28.8 Å². The topological polar surface area (TPSA) is 17.1 Å². The maximum atomic E-state index is 10.2. The molecule has 48 valence electrons. The Kier molecular flexibility index (Phi) is 2.12. The van der Waals surface area contributed by atoms with E-state index in [2.05, 4.69) is 0 Å². The highest BCUT2D eigenvalue weighted by atomic mass is 35.5. The third-order valence-electron chi connectivity index (χ3n) is 1.21. The van der Waals surface area contributed by atoms with Gasteiger partial charge < -0.3 is 0 Å². The quantitative estimate of drug-likeness (QED) is 0.430. The van der Waals surface area contributed by atoms with Crippen molar-refractivity contribution in [2.75, 3.05) is 0 Å². The van der Waals surface area contributed by atoms with Gasteiger partial charge in [-0.05, 0) is 6.07 Å².